The van der Waals surface area contributed by atoms with Gasteiger partial charge in [0.05, 0.1) is 27.7 Å². The van der Waals surface area contributed by atoms with Gasteiger partial charge in [-0.3, -0.25) is 18.6 Å². The van der Waals surface area contributed by atoms with E-state index in [1.807, 2.05) is 33.3 Å². The van der Waals surface area contributed by atoms with E-state index in [9.17, 15) is 19.0 Å². The molecule has 0 fully saturated rings. The lowest BCUT2D eigenvalue weighted by molar-refractivity contribution is -0.870. The van der Waals surface area contributed by atoms with Gasteiger partial charge in [0.25, 0.3) is 0 Å². The topological polar surface area (TPSA) is 108 Å². The van der Waals surface area contributed by atoms with Crippen LogP contribution >= 0.6 is 7.82 Å². The molecular weight excluding hydrogens is 894 g/mol. The summed E-state index contributed by atoms with van der Waals surface area (Å²) in [5, 5.41) is 0. The SMILES string of the molecule is CC/C=C\C/C=C\C/C=C\C/C=C\C/C=C\C/C=C\C/C=C\C/C=C\C/C=C\C/C=C\CCCCC(=O)OC(COC(=O)CC/C=C\C/C=C\C/C=C\C/C=C\CC)COP(=O)(O)OCC[N+](C)(C)C. The van der Waals surface area contributed by atoms with Crippen LogP contribution in [-0.4, -0.2) is 74.9 Å². The number of unbranched alkanes of at least 4 members (excludes halogenated alkanes) is 2. The summed E-state index contributed by atoms with van der Waals surface area (Å²) in [5.41, 5.74) is 0. The number of quaternary nitrogens is 1. The van der Waals surface area contributed by atoms with E-state index < -0.39 is 32.5 Å². The first-order chi connectivity index (χ1) is 34.0. The summed E-state index contributed by atoms with van der Waals surface area (Å²) < 4.78 is 34.2. The summed E-state index contributed by atoms with van der Waals surface area (Å²) in [4.78, 5) is 35.4. The van der Waals surface area contributed by atoms with Crippen molar-refractivity contribution in [3.63, 3.8) is 0 Å². The fraction of sp³-hybridized carbons (Fsp3) is 0.500. The van der Waals surface area contributed by atoms with Crippen molar-refractivity contribution >= 4 is 19.8 Å². The summed E-state index contributed by atoms with van der Waals surface area (Å²) in [6, 6.07) is 0. The van der Waals surface area contributed by atoms with Crippen LogP contribution in [0.25, 0.3) is 0 Å². The van der Waals surface area contributed by atoms with Crippen molar-refractivity contribution in [3.8, 4) is 0 Å². The van der Waals surface area contributed by atoms with E-state index in [1.165, 1.54) is 0 Å². The van der Waals surface area contributed by atoms with Crippen LogP contribution in [0, 0.1) is 0 Å². The van der Waals surface area contributed by atoms with Crippen LogP contribution in [-0.2, 0) is 32.7 Å². The molecule has 0 heterocycles. The maximum Gasteiger partial charge on any atom is 0.472 e. The first-order valence-electron chi connectivity index (χ1n) is 25.9. The van der Waals surface area contributed by atoms with Gasteiger partial charge in [-0.15, -0.1) is 0 Å². The van der Waals surface area contributed by atoms with Crippen molar-refractivity contribution in [2.75, 3.05) is 47.5 Å². The molecule has 70 heavy (non-hydrogen) atoms. The average molecular weight is 987 g/mol. The maximum absolute atomic E-state index is 12.7. The minimum atomic E-state index is -4.42. The lowest BCUT2D eigenvalue weighted by atomic mass is 10.2. The van der Waals surface area contributed by atoms with Crippen LogP contribution in [0.3, 0.4) is 0 Å². The third-order valence-corrected chi connectivity index (χ3v) is 10.7. The molecule has 0 bridgehead atoms. The van der Waals surface area contributed by atoms with Crippen molar-refractivity contribution in [3.05, 3.63) is 170 Å². The molecule has 390 valence electrons. The van der Waals surface area contributed by atoms with E-state index in [0.29, 0.717) is 23.9 Å². The van der Waals surface area contributed by atoms with Gasteiger partial charge < -0.3 is 18.9 Å². The number of phosphoric ester groups is 1. The number of carbonyl (C=O) groups is 2. The number of esters is 2. The second kappa shape index (κ2) is 49.4. The molecular formula is C60H93NO8P+. The third-order valence-electron chi connectivity index (χ3n) is 9.76. The summed E-state index contributed by atoms with van der Waals surface area (Å²) in [5.74, 6) is -0.965. The zero-order chi connectivity index (χ0) is 51.3. The molecule has 0 aliphatic rings. The van der Waals surface area contributed by atoms with E-state index >= 15 is 0 Å². The number of hydrogen-bond acceptors (Lipinski definition) is 7. The second-order valence-electron chi connectivity index (χ2n) is 17.4. The number of allylic oxidation sites excluding steroid dienone is 28. The highest BCUT2D eigenvalue weighted by atomic mass is 31.2. The number of carbonyl (C=O) groups excluding carboxylic acids is 2. The van der Waals surface area contributed by atoms with Crippen LogP contribution in [0.2, 0.25) is 0 Å². The lowest BCUT2D eigenvalue weighted by Crippen LogP contribution is -2.37. The molecule has 1 N–H and O–H groups in total. The maximum atomic E-state index is 12.7. The molecule has 0 aromatic rings. The van der Waals surface area contributed by atoms with Gasteiger partial charge in [0, 0.05) is 12.8 Å². The summed E-state index contributed by atoms with van der Waals surface area (Å²) in [6.07, 6.45) is 75.9. The zero-order valence-electron chi connectivity index (χ0n) is 43.9. The Morgan fingerprint density at radius 1 is 0.443 bits per heavy atom. The third kappa shape index (κ3) is 52.7. The van der Waals surface area contributed by atoms with E-state index in [1.54, 1.807) is 0 Å². The molecule has 0 aliphatic heterocycles. The Morgan fingerprint density at radius 2 is 0.786 bits per heavy atom. The van der Waals surface area contributed by atoms with Crippen LogP contribution in [0.15, 0.2) is 170 Å². The first-order valence-corrected chi connectivity index (χ1v) is 27.4. The number of likely N-dealkylation sites (N-methyl/N-ethyl adjacent to an activating group) is 1. The fourth-order valence-electron chi connectivity index (χ4n) is 5.82. The molecule has 0 rings (SSSR count). The van der Waals surface area contributed by atoms with E-state index in [0.717, 1.165) is 103 Å². The van der Waals surface area contributed by atoms with Crippen molar-refractivity contribution in [2.45, 2.75) is 148 Å². The minimum absolute atomic E-state index is 0.00182. The molecule has 2 unspecified atom stereocenters. The van der Waals surface area contributed by atoms with Gasteiger partial charge in [0.1, 0.15) is 19.8 Å². The normalized spacial score (nSPS) is 14.8. The number of hydrogen-bond donors (Lipinski definition) is 1. The van der Waals surface area contributed by atoms with Gasteiger partial charge in [-0.25, -0.2) is 4.57 Å². The van der Waals surface area contributed by atoms with Crippen molar-refractivity contribution in [1.82, 2.24) is 0 Å². The Balaban J connectivity index is 4.38. The Bertz CT molecular complexity index is 1780. The smallest absolute Gasteiger partial charge is 0.462 e. The lowest BCUT2D eigenvalue weighted by Gasteiger charge is -2.24. The van der Waals surface area contributed by atoms with Crippen molar-refractivity contribution in [2.24, 2.45) is 0 Å². The molecule has 0 aromatic carbocycles. The summed E-state index contributed by atoms with van der Waals surface area (Å²) in [7, 11) is 1.38. The molecule has 0 saturated carbocycles. The molecule has 0 aliphatic carbocycles. The standard InChI is InChI=1S/C60H92NO8P/c1-6-8-10-12-14-16-18-20-21-22-23-24-25-26-27-28-29-30-31-32-33-34-35-36-37-38-39-41-43-45-47-49-51-53-60(63)69-58(57-68-70(64,65)67-55-54-61(3,4)5)56-66-59(62)52-50-48-46-44-42-40-19-17-15-13-11-9-7-2/h8-11,14-17,20-21,23-24,26-27,29-30,32-33,35-36,38-40,42-43,45-46,48,58H,6-7,12-13,18-19,22,25,28,31,34,37,41,44,47,49-57H2,1-5H3/p+1/b10-8-,11-9-,16-14-,17-15-,21-20-,24-23-,27-26-,30-29-,33-32-,36-35-,39-38-,42-40-,45-43-,48-46-. The molecule has 0 amide bonds. The highest BCUT2D eigenvalue weighted by Crippen LogP contribution is 2.43. The van der Waals surface area contributed by atoms with Crippen LogP contribution in [0.5, 0.6) is 0 Å². The Labute approximate surface area is 426 Å². The molecule has 2 atom stereocenters. The monoisotopic (exact) mass is 987 g/mol. The van der Waals surface area contributed by atoms with Gasteiger partial charge in [-0.1, -0.05) is 184 Å². The van der Waals surface area contributed by atoms with E-state index in [2.05, 4.69) is 172 Å². The number of ether oxygens (including phenoxy) is 2. The molecule has 10 heteroatoms. The number of nitrogens with zero attached hydrogens (tertiary/aromatic N) is 1. The van der Waals surface area contributed by atoms with E-state index in [-0.39, 0.29) is 26.1 Å². The first kappa shape index (κ1) is 65.4. The fourth-order valence-corrected chi connectivity index (χ4v) is 6.56. The Morgan fingerprint density at radius 3 is 1.14 bits per heavy atom. The van der Waals surface area contributed by atoms with Gasteiger partial charge in [0.15, 0.2) is 6.10 Å². The second-order valence-corrected chi connectivity index (χ2v) is 18.9. The number of phosphoric acid groups is 1. The van der Waals surface area contributed by atoms with Crippen LogP contribution < -0.4 is 0 Å². The van der Waals surface area contributed by atoms with Gasteiger partial charge >= 0.3 is 19.8 Å². The molecule has 9 nitrogen and oxygen atoms in total. The highest BCUT2D eigenvalue weighted by molar-refractivity contribution is 7.47. The van der Waals surface area contributed by atoms with Gasteiger partial charge in [0.2, 0.25) is 0 Å². The Hall–Kier alpha value is -4.63. The Kier molecular flexibility index (Phi) is 46.1. The van der Waals surface area contributed by atoms with Crippen LogP contribution in [0.4, 0.5) is 0 Å². The van der Waals surface area contributed by atoms with Crippen molar-refractivity contribution in [1.29, 1.82) is 0 Å². The van der Waals surface area contributed by atoms with Gasteiger partial charge in [-0.2, -0.15) is 0 Å². The summed E-state index contributed by atoms with van der Waals surface area (Å²) in [6.45, 7) is 4.01. The van der Waals surface area contributed by atoms with Crippen molar-refractivity contribution < 1.29 is 42.1 Å². The predicted molar refractivity (Wildman–Crippen MR) is 297 cm³/mol. The summed E-state index contributed by atoms with van der Waals surface area (Å²) >= 11 is 0. The highest BCUT2D eigenvalue weighted by Gasteiger charge is 2.27. The predicted octanol–water partition coefficient (Wildman–Crippen LogP) is 15.9. The molecule has 0 aromatic heterocycles. The average Bonchev–Trinajstić information content (AvgIpc) is 3.32. The van der Waals surface area contributed by atoms with E-state index in [4.69, 9.17) is 18.5 Å². The largest absolute Gasteiger partial charge is 0.472 e. The molecule has 0 radical (unpaired) electrons. The minimum Gasteiger partial charge on any atom is -0.462 e. The number of rotatable bonds is 44. The zero-order valence-corrected chi connectivity index (χ0v) is 44.8. The molecule has 0 saturated heterocycles. The van der Waals surface area contributed by atoms with Crippen LogP contribution in [0.1, 0.15) is 142 Å². The van der Waals surface area contributed by atoms with Gasteiger partial charge in [-0.05, 0) is 116 Å². The molecule has 0 spiro atoms. The quantitative estimate of drug-likeness (QED) is 0.0211.